The molecule has 16 heavy (non-hydrogen) atoms. The number of nitrogens with zero attached hydrogens (tertiary/aromatic N) is 2. The fourth-order valence-electron chi connectivity index (χ4n) is 2.17. The fourth-order valence-corrected chi connectivity index (χ4v) is 2.17. The fraction of sp³-hybridized carbons (Fsp3) is 0.800. The van der Waals surface area contributed by atoms with Crippen LogP contribution in [0.3, 0.4) is 0 Å². The van der Waals surface area contributed by atoms with Gasteiger partial charge < -0.3 is 19.6 Å². The maximum atomic E-state index is 11.9. The van der Waals surface area contributed by atoms with Crippen LogP contribution in [-0.4, -0.2) is 66.3 Å². The summed E-state index contributed by atoms with van der Waals surface area (Å²) in [6.45, 7) is 2.03. The molecule has 2 saturated heterocycles. The van der Waals surface area contributed by atoms with Crippen LogP contribution in [0, 0.1) is 5.92 Å². The topological polar surface area (TPSA) is 70.1 Å². The van der Waals surface area contributed by atoms with E-state index < -0.39 is 6.09 Å². The number of rotatable bonds is 2. The van der Waals surface area contributed by atoms with Gasteiger partial charge in [0.05, 0.1) is 12.0 Å². The summed E-state index contributed by atoms with van der Waals surface area (Å²) in [6, 6.07) is 0. The molecule has 0 unspecified atom stereocenters. The molecule has 0 spiro atoms. The molecule has 2 amide bonds. The average molecular weight is 228 g/mol. The van der Waals surface area contributed by atoms with Crippen molar-refractivity contribution in [2.45, 2.75) is 12.5 Å². The molecule has 2 aliphatic rings. The number of carbonyl (C=O) groups excluding carboxylic acids is 1. The first kappa shape index (κ1) is 11.2. The third kappa shape index (κ3) is 1.97. The molecular formula is C10H16N2O4. The molecule has 90 valence electrons. The van der Waals surface area contributed by atoms with Crippen LogP contribution in [0.1, 0.15) is 6.42 Å². The van der Waals surface area contributed by atoms with Crippen molar-refractivity contribution < 1.29 is 19.4 Å². The number of methoxy groups -OCH3 is 1. The molecule has 0 saturated carbocycles. The summed E-state index contributed by atoms with van der Waals surface area (Å²) in [6.07, 6.45) is 0.0669. The van der Waals surface area contributed by atoms with Crippen molar-refractivity contribution in [3.05, 3.63) is 0 Å². The third-order valence-electron chi connectivity index (χ3n) is 3.29. The van der Waals surface area contributed by atoms with E-state index in [4.69, 9.17) is 9.84 Å². The smallest absolute Gasteiger partial charge is 0.407 e. The molecule has 2 rings (SSSR count). The Kier molecular flexibility index (Phi) is 3.00. The maximum Gasteiger partial charge on any atom is 0.407 e. The number of ether oxygens (including phenoxy) is 1. The molecule has 0 aromatic heterocycles. The number of carbonyl (C=O) groups is 2. The largest absolute Gasteiger partial charge is 0.465 e. The van der Waals surface area contributed by atoms with Crippen LogP contribution < -0.4 is 0 Å². The van der Waals surface area contributed by atoms with E-state index in [1.165, 1.54) is 4.90 Å². The van der Waals surface area contributed by atoms with Gasteiger partial charge in [-0.15, -0.1) is 0 Å². The second kappa shape index (κ2) is 4.29. The first-order valence-electron chi connectivity index (χ1n) is 5.41. The van der Waals surface area contributed by atoms with E-state index >= 15 is 0 Å². The lowest BCUT2D eigenvalue weighted by Crippen LogP contribution is -2.55. The molecule has 0 aromatic carbocycles. The SMILES string of the molecule is CO[C@@H]1CCN(C(=O)C2CN(C(=O)O)C2)C1. The predicted molar refractivity (Wildman–Crippen MR) is 55.1 cm³/mol. The molecule has 0 aliphatic carbocycles. The van der Waals surface area contributed by atoms with Gasteiger partial charge in [-0.3, -0.25) is 4.79 Å². The summed E-state index contributed by atoms with van der Waals surface area (Å²) < 4.78 is 5.18. The Morgan fingerprint density at radius 2 is 1.94 bits per heavy atom. The molecule has 2 fully saturated rings. The van der Waals surface area contributed by atoms with Gasteiger partial charge >= 0.3 is 6.09 Å². The third-order valence-corrected chi connectivity index (χ3v) is 3.29. The summed E-state index contributed by atoms with van der Waals surface area (Å²) in [7, 11) is 1.65. The zero-order valence-corrected chi connectivity index (χ0v) is 9.26. The molecule has 2 aliphatic heterocycles. The quantitative estimate of drug-likeness (QED) is 0.713. The molecule has 0 radical (unpaired) electrons. The molecular weight excluding hydrogens is 212 g/mol. The summed E-state index contributed by atoms with van der Waals surface area (Å²) in [5.74, 6) is -0.0799. The summed E-state index contributed by atoms with van der Waals surface area (Å²) in [5, 5.41) is 8.66. The maximum absolute atomic E-state index is 11.9. The highest BCUT2D eigenvalue weighted by molar-refractivity contribution is 5.82. The van der Waals surface area contributed by atoms with Gasteiger partial charge in [-0.2, -0.15) is 0 Å². The number of amides is 2. The lowest BCUT2D eigenvalue weighted by atomic mass is 9.99. The summed E-state index contributed by atoms with van der Waals surface area (Å²) >= 11 is 0. The van der Waals surface area contributed by atoms with Crippen molar-refractivity contribution in [1.82, 2.24) is 9.80 Å². The van der Waals surface area contributed by atoms with E-state index in [9.17, 15) is 9.59 Å². The molecule has 1 atom stereocenters. The van der Waals surface area contributed by atoms with Crippen molar-refractivity contribution in [3.63, 3.8) is 0 Å². The number of hydrogen-bond donors (Lipinski definition) is 1. The van der Waals surface area contributed by atoms with Crippen LogP contribution in [0.25, 0.3) is 0 Å². The molecule has 1 N–H and O–H groups in total. The van der Waals surface area contributed by atoms with Gasteiger partial charge in [0, 0.05) is 33.3 Å². The Morgan fingerprint density at radius 1 is 1.25 bits per heavy atom. The zero-order chi connectivity index (χ0) is 11.7. The van der Waals surface area contributed by atoms with Gasteiger partial charge in [-0.05, 0) is 6.42 Å². The minimum atomic E-state index is -0.944. The Hall–Kier alpha value is -1.30. The number of hydrogen-bond acceptors (Lipinski definition) is 3. The second-order valence-corrected chi connectivity index (χ2v) is 4.32. The van der Waals surface area contributed by atoms with E-state index in [2.05, 4.69) is 0 Å². The standard InChI is InChI=1S/C10H16N2O4/c1-16-8-2-3-11(6-8)9(13)7-4-12(5-7)10(14)15/h7-8H,2-6H2,1H3,(H,14,15)/t8-/m1/s1. The molecule has 6 nitrogen and oxygen atoms in total. The van der Waals surface area contributed by atoms with E-state index in [0.29, 0.717) is 19.6 Å². The van der Waals surface area contributed by atoms with Gasteiger partial charge in [0.25, 0.3) is 0 Å². The van der Waals surface area contributed by atoms with Crippen LogP contribution in [0.15, 0.2) is 0 Å². The van der Waals surface area contributed by atoms with Crippen molar-refractivity contribution in [3.8, 4) is 0 Å². The van der Waals surface area contributed by atoms with E-state index in [1.807, 2.05) is 0 Å². The van der Waals surface area contributed by atoms with Gasteiger partial charge in [0.15, 0.2) is 0 Å². The van der Waals surface area contributed by atoms with E-state index in [0.717, 1.165) is 13.0 Å². The first-order chi connectivity index (χ1) is 7.61. The molecule has 0 bridgehead atoms. The van der Waals surface area contributed by atoms with Crippen LogP contribution in [0.2, 0.25) is 0 Å². The van der Waals surface area contributed by atoms with Crippen molar-refractivity contribution in [2.24, 2.45) is 5.92 Å². The predicted octanol–water partition coefficient (Wildman–Crippen LogP) is -0.156. The summed E-state index contributed by atoms with van der Waals surface area (Å²) in [5.41, 5.74) is 0. The monoisotopic (exact) mass is 228 g/mol. The van der Waals surface area contributed by atoms with Crippen LogP contribution in [0.5, 0.6) is 0 Å². The van der Waals surface area contributed by atoms with E-state index in [-0.39, 0.29) is 17.9 Å². The van der Waals surface area contributed by atoms with Gasteiger partial charge in [-0.25, -0.2) is 4.79 Å². The van der Waals surface area contributed by atoms with E-state index in [1.54, 1.807) is 12.0 Å². The minimum Gasteiger partial charge on any atom is -0.465 e. The lowest BCUT2D eigenvalue weighted by Gasteiger charge is -2.37. The molecule has 0 aromatic rings. The molecule has 6 heteroatoms. The Labute approximate surface area is 93.8 Å². The first-order valence-corrected chi connectivity index (χ1v) is 5.41. The van der Waals surface area contributed by atoms with Crippen molar-refractivity contribution in [2.75, 3.05) is 33.3 Å². The van der Waals surface area contributed by atoms with Gasteiger partial charge in [0.1, 0.15) is 0 Å². The van der Waals surface area contributed by atoms with Gasteiger partial charge in [-0.1, -0.05) is 0 Å². The highest BCUT2D eigenvalue weighted by Gasteiger charge is 2.39. The average Bonchev–Trinajstić information content (AvgIpc) is 2.62. The van der Waals surface area contributed by atoms with Crippen molar-refractivity contribution in [1.29, 1.82) is 0 Å². The number of carboxylic acid groups (broad SMARTS) is 1. The highest BCUT2D eigenvalue weighted by Crippen LogP contribution is 2.21. The number of likely N-dealkylation sites (tertiary alicyclic amines) is 2. The zero-order valence-electron chi connectivity index (χ0n) is 9.26. The van der Waals surface area contributed by atoms with Crippen molar-refractivity contribution >= 4 is 12.0 Å². The van der Waals surface area contributed by atoms with Gasteiger partial charge in [0.2, 0.25) is 5.91 Å². The second-order valence-electron chi connectivity index (χ2n) is 4.32. The van der Waals surface area contributed by atoms with Crippen LogP contribution >= 0.6 is 0 Å². The Bertz CT molecular complexity index is 301. The highest BCUT2D eigenvalue weighted by atomic mass is 16.5. The molecule has 2 heterocycles. The normalized spacial score (nSPS) is 25.7. The Balaban J connectivity index is 1.80. The Morgan fingerprint density at radius 3 is 2.44 bits per heavy atom. The van der Waals surface area contributed by atoms with Crippen LogP contribution in [-0.2, 0) is 9.53 Å². The summed E-state index contributed by atoms with van der Waals surface area (Å²) in [4.78, 5) is 25.5. The minimum absolute atomic E-state index is 0.0667. The van der Waals surface area contributed by atoms with Crippen LogP contribution in [0.4, 0.5) is 4.79 Å². The lowest BCUT2D eigenvalue weighted by molar-refractivity contribution is -0.139.